The number of ether oxygens (including phenoxy) is 1. The van der Waals surface area contributed by atoms with Gasteiger partial charge in [0.05, 0.1) is 12.8 Å². The molecule has 0 aliphatic rings. The van der Waals surface area contributed by atoms with Crippen molar-refractivity contribution in [2.24, 2.45) is 0 Å². The Labute approximate surface area is 99.6 Å². The van der Waals surface area contributed by atoms with Crippen molar-refractivity contribution in [1.29, 1.82) is 0 Å². The molecule has 0 saturated carbocycles. The Kier molecular flexibility index (Phi) is 5.33. The molecular formula is C13H15F2NO. The van der Waals surface area contributed by atoms with Crippen LogP contribution in [0, 0.1) is 0 Å². The second kappa shape index (κ2) is 6.78. The molecule has 0 radical (unpaired) electrons. The molecule has 0 aromatic carbocycles. The first-order valence-corrected chi connectivity index (χ1v) is 5.35. The van der Waals surface area contributed by atoms with Gasteiger partial charge >= 0.3 is 0 Å². The van der Waals surface area contributed by atoms with Crippen molar-refractivity contribution in [3.63, 3.8) is 0 Å². The largest absolute Gasteiger partial charge is 0.497 e. The van der Waals surface area contributed by atoms with E-state index in [1.807, 2.05) is 6.92 Å². The average Bonchev–Trinajstić information content (AvgIpc) is 2.36. The van der Waals surface area contributed by atoms with Crippen LogP contribution in [0.3, 0.4) is 0 Å². The van der Waals surface area contributed by atoms with E-state index in [1.54, 1.807) is 18.2 Å². The van der Waals surface area contributed by atoms with Gasteiger partial charge in [-0.25, -0.2) is 8.78 Å². The van der Waals surface area contributed by atoms with Crippen LogP contribution in [0.15, 0.2) is 36.3 Å². The molecule has 4 heteroatoms. The van der Waals surface area contributed by atoms with Crippen LogP contribution in [0.25, 0.3) is 5.57 Å². The van der Waals surface area contributed by atoms with E-state index in [2.05, 4.69) is 4.98 Å². The summed E-state index contributed by atoms with van der Waals surface area (Å²) in [6, 6.07) is 3.29. The summed E-state index contributed by atoms with van der Waals surface area (Å²) in [5.74, 6) is -0.0137. The lowest BCUT2D eigenvalue weighted by molar-refractivity contribution is 0.414. The Balaban J connectivity index is 3.14. The summed E-state index contributed by atoms with van der Waals surface area (Å²) in [5.41, 5.74) is 0.734. The molecular weight excluding hydrogens is 224 g/mol. The van der Waals surface area contributed by atoms with Gasteiger partial charge in [-0.1, -0.05) is 13.0 Å². The Bertz CT molecular complexity index is 427. The summed E-state index contributed by atoms with van der Waals surface area (Å²) in [6.45, 7) is 1.04. The van der Waals surface area contributed by atoms with Crippen molar-refractivity contribution in [1.82, 2.24) is 4.98 Å². The van der Waals surface area contributed by atoms with E-state index in [0.29, 0.717) is 23.4 Å². The zero-order valence-electron chi connectivity index (χ0n) is 9.91. The zero-order chi connectivity index (χ0) is 12.7. The molecule has 0 unspecified atom stereocenters. The fourth-order valence-electron chi connectivity index (χ4n) is 1.39. The smallest absolute Gasteiger partial charge is 0.130 e. The van der Waals surface area contributed by atoms with Gasteiger partial charge in [-0.3, -0.25) is 4.98 Å². The SMILES string of the molecule is CC/C=C(\C(F)=C/CF)c1cc(OC)ccn1. The summed E-state index contributed by atoms with van der Waals surface area (Å²) in [7, 11) is 1.52. The van der Waals surface area contributed by atoms with Gasteiger partial charge in [-0.15, -0.1) is 0 Å². The fraction of sp³-hybridized carbons (Fsp3) is 0.308. The maximum absolute atomic E-state index is 13.6. The Morgan fingerprint density at radius 3 is 2.82 bits per heavy atom. The summed E-state index contributed by atoms with van der Waals surface area (Å²) in [5, 5.41) is 0. The number of allylic oxidation sites excluding steroid dienone is 4. The van der Waals surface area contributed by atoms with E-state index >= 15 is 0 Å². The highest BCUT2D eigenvalue weighted by Crippen LogP contribution is 2.25. The Morgan fingerprint density at radius 1 is 1.47 bits per heavy atom. The van der Waals surface area contributed by atoms with Gasteiger partial charge in [0.15, 0.2) is 0 Å². The second-order valence-electron chi connectivity index (χ2n) is 3.31. The van der Waals surface area contributed by atoms with E-state index in [-0.39, 0.29) is 0 Å². The van der Waals surface area contributed by atoms with Crippen molar-refractivity contribution >= 4 is 5.57 Å². The third kappa shape index (κ3) is 3.66. The van der Waals surface area contributed by atoms with E-state index in [9.17, 15) is 8.78 Å². The Morgan fingerprint density at radius 2 is 2.24 bits per heavy atom. The number of aromatic nitrogens is 1. The highest BCUT2D eigenvalue weighted by Gasteiger charge is 2.09. The molecule has 0 bridgehead atoms. The number of pyridine rings is 1. The molecule has 0 N–H and O–H groups in total. The maximum atomic E-state index is 13.6. The van der Waals surface area contributed by atoms with Gasteiger partial charge in [-0.2, -0.15) is 0 Å². The molecule has 1 aromatic rings. The van der Waals surface area contributed by atoms with Gasteiger partial charge in [0.1, 0.15) is 18.3 Å². The average molecular weight is 239 g/mol. The maximum Gasteiger partial charge on any atom is 0.130 e. The molecule has 0 amide bonds. The molecule has 0 saturated heterocycles. The predicted molar refractivity (Wildman–Crippen MR) is 64.2 cm³/mol. The van der Waals surface area contributed by atoms with Crippen LogP contribution in [-0.4, -0.2) is 18.8 Å². The second-order valence-corrected chi connectivity index (χ2v) is 3.31. The molecule has 0 aliphatic carbocycles. The van der Waals surface area contributed by atoms with E-state index in [4.69, 9.17) is 4.74 Å². The number of methoxy groups -OCH3 is 1. The normalized spacial score (nSPS) is 12.7. The van der Waals surface area contributed by atoms with Crippen molar-refractivity contribution in [2.75, 3.05) is 13.8 Å². The summed E-state index contributed by atoms with van der Waals surface area (Å²) in [6.07, 6.45) is 4.73. The highest BCUT2D eigenvalue weighted by molar-refractivity contribution is 5.75. The van der Waals surface area contributed by atoms with Crippen LogP contribution in [0.4, 0.5) is 8.78 Å². The van der Waals surface area contributed by atoms with E-state index in [0.717, 1.165) is 6.08 Å². The quantitative estimate of drug-likeness (QED) is 0.731. The lowest BCUT2D eigenvalue weighted by Gasteiger charge is -2.06. The zero-order valence-corrected chi connectivity index (χ0v) is 9.91. The minimum absolute atomic E-state index is 0.295. The first-order chi connectivity index (χ1) is 8.22. The molecule has 0 spiro atoms. The topological polar surface area (TPSA) is 22.1 Å². The molecule has 92 valence electrons. The van der Waals surface area contributed by atoms with Crippen molar-refractivity contribution in [2.45, 2.75) is 13.3 Å². The van der Waals surface area contributed by atoms with Crippen molar-refractivity contribution in [3.05, 3.63) is 42.0 Å². The number of rotatable bonds is 5. The van der Waals surface area contributed by atoms with Gasteiger partial charge in [0, 0.05) is 17.8 Å². The minimum Gasteiger partial charge on any atom is -0.497 e. The van der Waals surface area contributed by atoms with Gasteiger partial charge < -0.3 is 4.74 Å². The molecule has 1 aromatic heterocycles. The van der Waals surface area contributed by atoms with Crippen LogP contribution >= 0.6 is 0 Å². The molecule has 0 fully saturated rings. The molecule has 0 aliphatic heterocycles. The fourth-order valence-corrected chi connectivity index (χ4v) is 1.39. The van der Waals surface area contributed by atoms with Crippen molar-refractivity contribution < 1.29 is 13.5 Å². The minimum atomic E-state index is -0.836. The number of nitrogens with zero attached hydrogens (tertiary/aromatic N) is 1. The van der Waals surface area contributed by atoms with Crippen LogP contribution in [-0.2, 0) is 0 Å². The molecule has 1 rings (SSSR count). The van der Waals surface area contributed by atoms with Gasteiger partial charge in [-0.05, 0) is 18.6 Å². The highest BCUT2D eigenvalue weighted by atomic mass is 19.1. The van der Waals surface area contributed by atoms with Gasteiger partial charge in [0.25, 0.3) is 0 Å². The van der Waals surface area contributed by atoms with Crippen LogP contribution in [0.5, 0.6) is 5.75 Å². The van der Waals surface area contributed by atoms with Crippen LogP contribution in [0.1, 0.15) is 19.0 Å². The van der Waals surface area contributed by atoms with E-state index in [1.165, 1.54) is 13.3 Å². The van der Waals surface area contributed by atoms with Crippen LogP contribution in [0.2, 0.25) is 0 Å². The molecule has 2 nitrogen and oxygen atoms in total. The summed E-state index contributed by atoms with van der Waals surface area (Å²) >= 11 is 0. The van der Waals surface area contributed by atoms with Crippen molar-refractivity contribution in [3.8, 4) is 5.75 Å². The number of hydrogen-bond donors (Lipinski definition) is 0. The lowest BCUT2D eigenvalue weighted by atomic mass is 10.1. The predicted octanol–water partition coefficient (Wildman–Crippen LogP) is 3.71. The summed E-state index contributed by atoms with van der Waals surface area (Å²) < 4.78 is 30.8. The monoisotopic (exact) mass is 239 g/mol. The molecule has 17 heavy (non-hydrogen) atoms. The van der Waals surface area contributed by atoms with Gasteiger partial charge in [0.2, 0.25) is 0 Å². The third-order valence-electron chi connectivity index (χ3n) is 2.16. The molecule has 0 atom stereocenters. The number of halogens is 2. The first-order valence-electron chi connectivity index (χ1n) is 5.35. The lowest BCUT2D eigenvalue weighted by Crippen LogP contribution is -1.93. The first kappa shape index (κ1) is 13.4. The third-order valence-corrected chi connectivity index (χ3v) is 2.16. The number of alkyl halides is 1. The Hall–Kier alpha value is -1.71. The molecule has 1 heterocycles. The van der Waals surface area contributed by atoms with E-state index < -0.39 is 12.5 Å². The standard InChI is InChI=1S/C13H15F2NO/c1-3-4-11(12(15)5-7-14)13-9-10(17-2)6-8-16-13/h4-6,8-9H,3,7H2,1-2H3/b11-4+,12-5+. The number of hydrogen-bond acceptors (Lipinski definition) is 2. The summed E-state index contributed by atoms with van der Waals surface area (Å²) in [4.78, 5) is 4.06. The van der Waals surface area contributed by atoms with Crippen LogP contribution < -0.4 is 4.74 Å².